The van der Waals surface area contributed by atoms with Crippen molar-refractivity contribution in [2.24, 2.45) is 0 Å². The molecule has 0 amide bonds. The first kappa shape index (κ1) is 20.9. The number of rotatable bonds is 5. The molecule has 1 aromatic heterocycles. The molecule has 0 bridgehead atoms. The fraction of sp³-hybridized carbons (Fsp3) is 0.167. The summed E-state index contributed by atoms with van der Waals surface area (Å²) in [4.78, 5) is 28.6. The zero-order chi connectivity index (χ0) is 20.3. The third-order valence-corrected chi connectivity index (χ3v) is 4.04. The smallest absolute Gasteiger partial charge is 0.342 e. The third-order valence-electron chi connectivity index (χ3n) is 3.52. The molecule has 0 radical (unpaired) electrons. The summed E-state index contributed by atoms with van der Waals surface area (Å²) in [5.74, 6) is -4.95. The molecule has 0 aliphatic rings. The number of pyridine rings is 1. The summed E-state index contributed by atoms with van der Waals surface area (Å²) in [7, 11) is 0. The van der Waals surface area contributed by atoms with E-state index in [2.05, 4.69) is 4.98 Å². The summed E-state index contributed by atoms with van der Waals surface area (Å²) in [6.45, 7) is 2.65. The molecule has 0 unspecified atom stereocenters. The maximum atomic E-state index is 14.0. The molecule has 0 fully saturated rings. The Kier molecular flexibility index (Phi) is 6.62. The number of Topliss-reactive ketones (excluding diaryl/α,β-unsaturated/α-hetero) is 1. The Hall–Kier alpha value is -2.38. The van der Waals surface area contributed by atoms with Crippen LogP contribution in [0.1, 0.15) is 28.4 Å². The van der Waals surface area contributed by atoms with E-state index in [1.54, 1.807) is 0 Å². The van der Waals surface area contributed by atoms with E-state index in [1.165, 1.54) is 13.8 Å². The van der Waals surface area contributed by atoms with Gasteiger partial charge in [0.1, 0.15) is 22.4 Å². The summed E-state index contributed by atoms with van der Waals surface area (Å²) in [6, 6.07) is 2.57. The normalized spacial score (nSPS) is 11.4. The maximum Gasteiger partial charge on any atom is 0.342 e. The minimum atomic E-state index is -1.09. The number of carbonyl (C=O) groups excluding carboxylic acids is 2. The molecule has 0 saturated heterocycles. The van der Waals surface area contributed by atoms with Crippen molar-refractivity contribution in [1.29, 1.82) is 0 Å². The lowest BCUT2D eigenvalue weighted by atomic mass is 9.98. The minimum absolute atomic E-state index is 0.0741. The van der Waals surface area contributed by atoms with Crippen molar-refractivity contribution in [3.05, 3.63) is 68.2 Å². The van der Waals surface area contributed by atoms with Crippen molar-refractivity contribution in [2.75, 3.05) is 6.61 Å². The zero-order valence-electron chi connectivity index (χ0n) is 14.1. The molecule has 0 atom stereocenters. The second-order valence-corrected chi connectivity index (χ2v) is 6.00. The van der Waals surface area contributed by atoms with Gasteiger partial charge in [0.15, 0.2) is 11.0 Å². The number of ether oxygens (including phenoxy) is 1. The number of hydrogen-bond donors (Lipinski definition) is 0. The molecule has 27 heavy (non-hydrogen) atoms. The Labute approximate surface area is 162 Å². The number of carbonyl (C=O) groups is 2. The Morgan fingerprint density at radius 2 is 1.85 bits per heavy atom. The van der Waals surface area contributed by atoms with E-state index in [-0.39, 0.29) is 17.7 Å². The summed E-state index contributed by atoms with van der Waals surface area (Å²) >= 11 is 11.5. The summed E-state index contributed by atoms with van der Waals surface area (Å²) in [6.07, 6.45) is 0.872. The van der Waals surface area contributed by atoms with Crippen LogP contribution < -0.4 is 0 Å². The highest BCUT2D eigenvalue weighted by atomic mass is 35.5. The van der Waals surface area contributed by atoms with Crippen molar-refractivity contribution in [3.8, 4) is 0 Å². The molecule has 1 heterocycles. The van der Waals surface area contributed by atoms with E-state index < -0.39 is 50.6 Å². The van der Waals surface area contributed by atoms with E-state index in [0.29, 0.717) is 6.07 Å². The molecular weight excluding hydrogens is 406 g/mol. The third kappa shape index (κ3) is 4.48. The van der Waals surface area contributed by atoms with Crippen molar-refractivity contribution in [1.82, 2.24) is 4.98 Å². The first-order valence-corrected chi connectivity index (χ1v) is 8.32. The monoisotopic (exact) mass is 417 g/mol. The highest BCUT2D eigenvalue weighted by molar-refractivity contribution is 6.38. The molecule has 1 aromatic carbocycles. The van der Waals surface area contributed by atoms with Crippen LogP contribution in [0.15, 0.2) is 23.8 Å². The van der Waals surface area contributed by atoms with Gasteiger partial charge in [-0.3, -0.25) is 4.79 Å². The number of halogens is 5. The quantitative estimate of drug-likeness (QED) is 0.172. The summed E-state index contributed by atoms with van der Waals surface area (Å²) < 4.78 is 45.9. The molecule has 0 N–H and O–H groups in total. The van der Waals surface area contributed by atoms with Gasteiger partial charge in [-0.25, -0.2) is 22.9 Å². The van der Waals surface area contributed by atoms with Crippen LogP contribution in [-0.4, -0.2) is 23.3 Å². The second kappa shape index (κ2) is 8.54. The van der Waals surface area contributed by atoms with Gasteiger partial charge in [-0.1, -0.05) is 23.2 Å². The molecular formula is C18H12Cl2F3NO3. The topological polar surface area (TPSA) is 56.3 Å². The van der Waals surface area contributed by atoms with Gasteiger partial charge in [0.2, 0.25) is 5.78 Å². The van der Waals surface area contributed by atoms with Crippen molar-refractivity contribution < 1.29 is 27.5 Å². The molecule has 142 valence electrons. The van der Waals surface area contributed by atoms with E-state index in [1.807, 2.05) is 0 Å². The van der Waals surface area contributed by atoms with Crippen LogP contribution in [0, 0.1) is 24.4 Å². The summed E-state index contributed by atoms with van der Waals surface area (Å²) in [5.41, 5.74) is -1.53. The lowest BCUT2D eigenvalue weighted by molar-refractivity contribution is -0.137. The van der Waals surface area contributed by atoms with E-state index in [4.69, 9.17) is 27.9 Å². The fourth-order valence-electron chi connectivity index (χ4n) is 2.21. The van der Waals surface area contributed by atoms with Gasteiger partial charge in [-0.2, -0.15) is 0 Å². The predicted octanol–water partition coefficient (Wildman–Crippen LogP) is 4.94. The molecule has 2 rings (SSSR count). The van der Waals surface area contributed by atoms with Crippen LogP contribution in [0.4, 0.5) is 13.2 Å². The van der Waals surface area contributed by atoms with Crippen molar-refractivity contribution >= 4 is 41.0 Å². The van der Waals surface area contributed by atoms with Gasteiger partial charge in [-0.15, -0.1) is 0 Å². The van der Waals surface area contributed by atoms with Gasteiger partial charge < -0.3 is 4.74 Å². The predicted molar refractivity (Wildman–Crippen MR) is 94.3 cm³/mol. The number of hydrogen-bond acceptors (Lipinski definition) is 4. The molecule has 0 spiro atoms. The highest BCUT2D eigenvalue weighted by Crippen LogP contribution is 2.28. The first-order valence-electron chi connectivity index (χ1n) is 7.57. The van der Waals surface area contributed by atoms with Crippen LogP contribution in [-0.2, 0) is 9.53 Å². The van der Waals surface area contributed by atoms with Gasteiger partial charge in [0.05, 0.1) is 12.2 Å². The van der Waals surface area contributed by atoms with Crippen LogP contribution in [0.25, 0.3) is 6.08 Å². The molecule has 0 aliphatic carbocycles. The van der Waals surface area contributed by atoms with Crippen molar-refractivity contribution in [3.63, 3.8) is 0 Å². The second-order valence-electron chi connectivity index (χ2n) is 5.28. The lowest BCUT2D eigenvalue weighted by Gasteiger charge is -2.11. The van der Waals surface area contributed by atoms with Gasteiger partial charge in [0, 0.05) is 17.2 Å². The first-order chi connectivity index (χ1) is 12.7. The molecule has 2 aromatic rings. The van der Waals surface area contributed by atoms with Gasteiger partial charge >= 0.3 is 5.97 Å². The molecule has 4 nitrogen and oxygen atoms in total. The highest BCUT2D eigenvalue weighted by Gasteiger charge is 2.28. The maximum absolute atomic E-state index is 14.0. The van der Waals surface area contributed by atoms with E-state index >= 15 is 0 Å². The SMILES string of the molecule is CCOC(=O)C(=Cc1ccc(F)cc1F)C(=O)c1c(Cl)nc(Cl)c(F)c1C. The minimum Gasteiger partial charge on any atom is -0.462 e. The van der Waals surface area contributed by atoms with E-state index in [9.17, 15) is 22.8 Å². The lowest BCUT2D eigenvalue weighted by Crippen LogP contribution is -2.18. The van der Waals surface area contributed by atoms with Crippen LogP contribution >= 0.6 is 23.2 Å². The number of esters is 1. The fourth-order valence-corrected chi connectivity index (χ4v) is 2.79. The number of nitrogens with zero attached hydrogens (tertiary/aromatic N) is 1. The van der Waals surface area contributed by atoms with Crippen LogP contribution in [0.3, 0.4) is 0 Å². The Morgan fingerprint density at radius 1 is 1.19 bits per heavy atom. The Bertz CT molecular complexity index is 961. The largest absolute Gasteiger partial charge is 0.462 e. The number of ketones is 1. The average Bonchev–Trinajstić information content (AvgIpc) is 2.59. The van der Waals surface area contributed by atoms with Crippen molar-refractivity contribution in [2.45, 2.75) is 13.8 Å². The number of benzene rings is 1. The average molecular weight is 418 g/mol. The zero-order valence-corrected chi connectivity index (χ0v) is 15.6. The molecule has 0 aliphatic heterocycles. The molecule has 0 saturated carbocycles. The van der Waals surface area contributed by atoms with Gasteiger partial charge in [0.25, 0.3) is 0 Å². The Balaban J connectivity index is 2.65. The van der Waals surface area contributed by atoms with Gasteiger partial charge in [-0.05, 0) is 32.1 Å². The molecule has 9 heteroatoms. The van der Waals surface area contributed by atoms with Crippen LogP contribution in [0.5, 0.6) is 0 Å². The summed E-state index contributed by atoms with van der Waals surface area (Å²) in [5, 5.41) is -0.973. The number of aromatic nitrogens is 1. The van der Waals surface area contributed by atoms with E-state index in [0.717, 1.165) is 18.2 Å². The standard InChI is InChI=1S/C18H12Cl2F3NO3/c1-3-27-18(26)11(6-9-4-5-10(21)7-12(9)22)15(25)13-8(2)14(23)17(20)24-16(13)19/h4-7H,3H2,1-2H3. The van der Waals surface area contributed by atoms with Crippen LogP contribution in [0.2, 0.25) is 10.3 Å². The Morgan fingerprint density at radius 3 is 2.44 bits per heavy atom.